The molecule has 0 aliphatic rings. The van der Waals surface area contributed by atoms with E-state index >= 15 is 0 Å². The van der Waals surface area contributed by atoms with Crippen LogP contribution in [0.5, 0.6) is 0 Å². The normalized spacial score (nSPS) is 13.0. The van der Waals surface area contributed by atoms with Gasteiger partial charge in [0.1, 0.15) is 13.2 Å². The summed E-state index contributed by atoms with van der Waals surface area (Å²) in [7, 11) is 0. The first-order valence-electron chi connectivity index (χ1n) is 26.5. The zero-order chi connectivity index (χ0) is 47.2. The Morgan fingerprint density at radius 3 is 1.05 bits per heavy atom. The van der Waals surface area contributed by atoms with Crippen LogP contribution >= 0.6 is 0 Å². The van der Waals surface area contributed by atoms with Crippen LogP contribution in [0.4, 0.5) is 0 Å². The highest BCUT2D eigenvalue weighted by molar-refractivity contribution is 5.71. The SMILES string of the molecule is CC/C=C/C=C/C=C/CCCCCCCC(=O)OCC(COC(=O)CCCCCCC/C=C/C=C/C=C/C=C/C=C/CCC)OC(=O)CCCCCCC/C=C/CCCCCCCCC. The summed E-state index contributed by atoms with van der Waals surface area (Å²) in [5.41, 5.74) is 0. The minimum atomic E-state index is -0.803. The maximum Gasteiger partial charge on any atom is 0.306 e. The van der Waals surface area contributed by atoms with Crippen LogP contribution in [0.25, 0.3) is 0 Å². The van der Waals surface area contributed by atoms with E-state index in [-0.39, 0.29) is 31.1 Å². The van der Waals surface area contributed by atoms with Crippen molar-refractivity contribution in [2.24, 2.45) is 0 Å². The summed E-state index contributed by atoms with van der Waals surface area (Å²) in [5.74, 6) is -0.958. The molecule has 0 saturated carbocycles. The smallest absolute Gasteiger partial charge is 0.306 e. The van der Waals surface area contributed by atoms with Gasteiger partial charge in [-0.05, 0) is 83.5 Å². The average Bonchev–Trinajstić information content (AvgIpc) is 3.30. The fourth-order valence-corrected chi connectivity index (χ4v) is 6.94. The fraction of sp³-hybridized carbons (Fsp3) is 0.644. The first-order valence-corrected chi connectivity index (χ1v) is 26.5. The first-order chi connectivity index (χ1) is 32.0. The second-order valence-corrected chi connectivity index (χ2v) is 17.2. The van der Waals surface area contributed by atoms with Gasteiger partial charge in [-0.3, -0.25) is 14.4 Å². The molecule has 0 aliphatic carbocycles. The average molecular weight is 901 g/mol. The molecule has 0 aromatic rings. The van der Waals surface area contributed by atoms with Gasteiger partial charge in [0.05, 0.1) is 0 Å². The molecule has 0 radical (unpaired) electrons. The molecular formula is C59H96O6. The summed E-state index contributed by atoms with van der Waals surface area (Å²) in [6.45, 7) is 6.36. The van der Waals surface area contributed by atoms with Gasteiger partial charge in [-0.2, -0.15) is 0 Å². The van der Waals surface area contributed by atoms with Crippen molar-refractivity contribution in [3.8, 4) is 0 Å². The van der Waals surface area contributed by atoms with Crippen LogP contribution in [0.15, 0.2) is 109 Å². The molecule has 1 atom stereocenters. The van der Waals surface area contributed by atoms with E-state index in [9.17, 15) is 14.4 Å². The highest BCUT2D eigenvalue weighted by atomic mass is 16.6. The fourth-order valence-electron chi connectivity index (χ4n) is 6.94. The van der Waals surface area contributed by atoms with Crippen LogP contribution in [0.3, 0.4) is 0 Å². The molecular weight excluding hydrogens is 805 g/mol. The van der Waals surface area contributed by atoms with Crippen LogP contribution in [-0.4, -0.2) is 37.2 Å². The number of carbonyl (C=O) groups is 3. The topological polar surface area (TPSA) is 78.9 Å². The zero-order valence-electron chi connectivity index (χ0n) is 42.0. The van der Waals surface area contributed by atoms with Crippen molar-refractivity contribution in [3.05, 3.63) is 109 Å². The molecule has 6 heteroatoms. The van der Waals surface area contributed by atoms with Crippen molar-refractivity contribution < 1.29 is 28.6 Å². The molecule has 0 saturated heterocycles. The molecule has 0 rings (SSSR count). The van der Waals surface area contributed by atoms with Crippen molar-refractivity contribution in [2.45, 2.75) is 232 Å². The van der Waals surface area contributed by atoms with E-state index in [4.69, 9.17) is 14.2 Å². The maximum absolute atomic E-state index is 12.8. The Morgan fingerprint density at radius 2 is 0.646 bits per heavy atom. The van der Waals surface area contributed by atoms with Gasteiger partial charge in [0, 0.05) is 19.3 Å². The molecule has 0 heterocycles. The van der Waals surface area contributed by atoms with E-state index in [1.165, 1.54) is 64.2 Å². The Morgan fingerprint density at radius 1 is 0.323 bits per heavy atom. The third-order valence-corrected chi connectivity index (χ3v) is 10.9. The Balaban J connectivity index is 4.49. The van der Waals surface area contributed by atoms with Crippen molar-refractivity contribution in [3.63, 3.8) is 0 Å². The lowest BCUT2D eigenvalue weighted by Gasteiger charge is -2.18. The summed E-state index contributed by atoms with van der Waals surface area (Å²) >= 11 is 0. The molecule has 0 amide bonds. The number of hydrogen-bond donors (Lipinski definition) is 0. The van der Waals surface area contributed by atoms with E-state index in [2.05, 4.69) is 106 Å². The molecule has 0 aromatic heterocycles. The molecule has 0 fully saturated rings. The summed E-state index contributed by atoms with van der Waals surface area (Å²) in [5, 5.41) is 0. The van der Waals surface area contributed by atoms with Crippen LogP contribution in [-0.2, 0) is 28.6 Å². The Bertz CT molecular complexity index is 1360. The van der Waals surface area contributed by atoms with Crippen LogP contribution in [0.2, 0.25) is 0 Å². The van der Waals surface area contributed by atoms with Crippen molar-refractivity contribution >= 4 is 17.9 Å². The van der Waals surface area contributed by atoms with Gasteiger partial charge in [-0.15, -0.1) is 0 Å². The van der Waals surface area contributed by atoms with Crippen molar-refractivity contribution in [2.75, 3.05) is 13.2 Å². The molecule has 0 aromatic carbocycles. The molecule has 0 bridgehead atoms. The lowest BCUT2D eigenvalue weighted by Crippen LogP contribution is -2.30. The molecule has 368 valence electrons. The van der Waals surface area contributed by atoms with Crippen molar-refractivity contribution in [1.29, 1.82) is 0 Å². The standard InChI is InChI=1S/C59H96O6/c1-4-7-10-13-16-19-22-25-27-29-30-32-34-37-40-43-46-49-52-58(61)64-55-56(54-63-57(60)51-48-45-42-39-36-33-24-21-18-15-12-9-6-3)65-59(62)53-50-47-44-41-38-35-31-28-26-23-20-17-14-11-8-5-2/h9-10,12-13,15-16,18-19,21-22,24-25,27-32,56H,4-8,11,14,17,20,23,26,33-55H2,1-3H3/b12-9+,13-10+,18-15+,19-16+,24-21+,25-22+,29-27+,31-28+,32-30+. The van der Waals surface area contributed by atoms with E-state index < -0.39 is 6.10 Å². The van der Waals surface area contributed by atoms with Gasteiger partial charge in [0.2, 0.25) is 0 Å². The predicted molar refractivity (Wildman–Crippen MR) is 279 cm³/mol. The second-order valence-electron chi connectivity index (χ2n) is 17.2. The second kappa shape index (κ2) is 52.7. The van der Waals surface area contributed by atoms with E-state index in [0.29, 0.717) is 19.3 Å². The number of ether oxygens (including phenoxy) is 3. The number of unbranched alkanes of at least 4 members (excludes halogenated alkanes) is 23. The van der Waals surface area contributed by atoms with Crippen LogP contribution < -0.4 is 0 Å². The van der Waals surface area contributed by atoms with Gasteiger partial charge in [0.15, 0.2) is 6.10 Å². The van der Waals surface area contributed by atoms with Crippen molar-refractivity contribution in [1.82, 2.24) is 0 Å². The van der Waals surface area contributed by atoms with E-state index in [1.54, 1.807) is 0 Å². The van der Waals surface area contributed by atoms with Gasteiger partial charge < -0.3 is 14.2 Å². The molecule has 0 N–H and O–H groups in total. The van der Waals surface area contributed by atoms with Crippen LogP contribution in [0.1, 0.15) is 226 Å². The largest absolute Gasteiger partial charge is 0.462 e. The molecule has 6 nitrogen and oxygen atoms in total. The maximum atomic E-state index is 12.8. The summed E-state index contributed by atoms with van der Waals surface area (Å²) < 4.78 is 16.8. The van der Waals surface area contributed by atoms with Gasteiger partial charge >= 0.3 is 17.9 Å². The highest BCUT2D eigenvalue weighted by Crippen LogP contribution is 2.14. The quantitative estimate of drug-likeness (QED) is 0.0199. The molecule has 0 spiro atoms. The highest BCUT2D eigenvalue weighted by Gasteiger charge is 2.19. The number of rotatable bonds is 46. The first kappa shape index (κ1) is 61.1. The number of hydrogen-bond acceptors (Lipinski definition) is 6. The van der Waals surface area contributed by atoms with Gasteiger partial charge in [-0.1, -0.05) is 233 Å². The number of allylic oxidation sites excluding steroid dienone is 18. The number of carbonyl (C=O) groups excluding carboxylic acids is 3. The summed E-state index contributed by atoms with van der Waals surface area (Å²) in [6.07, 6.45) is 70.6. The molecule has 0 aliphatic heterocycles. The summed E-state index contributed by atoms with van der Waals surface area (Å²) in [6, 6.07) is 0. The van der Waals surface area contributed by atoms with E-state index in [1.807, 2.05) is 24.3 Å². The lowest BCUT2D eigenvalue weighted by molar-refractivity contribution is -0.167. The minimum Gasteiger partial charge on any atom is -0.462 e. The third kappa shape index (κ3) is 50.9. The minimum absolute atomic E-state index is 0.103. The number of esters is 3. The van der Waals surface area contributed by atoms with Gasteiger partial charge in [-0.25, -0.2) is 0 Å². The summed E-state index contributed by atoms with van der Waals surface area (Å²) in [4.78, 5) is 38.0. The van der Waals surface area contributed by atoms with E-state index in [0.717, 1.165) is 122 Å². The zero-order valence-corrected chi connectivity index (χ0v) is 42.0. The third-order valence-electron chi connectivity index (χ3n) is 10.9. The molecule has 1 unspecified atom stereocenters. The van der Waals surface area contributed by atoms with Gasteiger partial charge in [0.25, 0.3) is 0 Å². The predicted octanol–water partition coefficient (Wildman–Crippen LogP) is 17.5. The lowest BCUT2D eigenvalue weighted by atomic mass is 10.1. The van der Waals surface area contributed by atoms with Crippen LogP contribution in [0, 0.1) is 0 Å². The Labute approximate surface area is 400 Å². The molecule has 65 heavy (non-hydrogen) atoms. The Kier molecular flexibility index (Phi) is 49.5. The Hall–Kier alpha value is -3.93. The monoisotopic (exact) mass is 901 g/mol.